The van der Waals surface area contributed by atoms with Crippen LogP contribution in [0.25, 0.3) is 0 Å². The Morgan fingerprint density at radius 1 is 1.07 bits per heavy atom. The van der Waals surface area contributed by atoms with Gasteiger partial charge in [0.15, 0.2) is 9.34 Å². The number of hydrogen-bond acceptors (Lipinski definition) is 6. The van der Waals surface area contributed by atoms with Crippen LogP contribution in [-0.4, -0.2) is 58.0 Å². The third-order valence-electron chi connectivity index (χ3n) is 5.14. The molecule has 0 atom stereocenters. The Morgan fingerprint density at radius 2 is 1.67 bits per heavy atom. The van der Waals surface area contributed by atoms with Gasteiger partial charge in [-0.25, -0.2) is 22.5 Å². The summed E-state index contributed by atoms with van der Waals surface area (Å²) in [5.41, 5.74) is 2.22. The molecule has 0 radical (unpaired) electrons. The van der Waals surface area contributed by atoms with Gasteiger partial charge >= 0.3 is 6.03 Å². The summed E-state index contributed by atoms with van der Waals surface area (Å²) in [6, 6.07) is 7.45. The number of carbonyl (C=O) groups excluding carboxylic acids is 1. The number of aromatic nitrogens is 1. The van der Waals surface area contributed by atoms with Gasteiger partial charge in [-0.1, -0.05) is 24.2 Å². The van der Waals surface area contributed by atoms with Crippen molar-refractivity contribution in [3.05, 3.63) is 30.0 Å². The van der Waals surface area contributed by atoms with E-state index >= 15 is 0 Å². The maximum absolute atomic E-state index is 12.7. The third-order valence-corrected chi connectivity index (χ3v) is 8.77. The van der Waals surface area contributed by atoms with Crippen molar-refractivity contribution in [2.24, 2.45) is 0 Å². The minimum atomic E-state index is -3.60. The molecule has 3 rings (SSSR count). The maximum atomic E-state index is 12.7. The fourth-order valence-corrected chi connectivity index (χ4v) is 5.90. The van der Waals surface area contributed by atoms with Crippen LogP contribution in [0.1, 0.15) is 31.4 Å². The molecule has 0 spiro atoms. The second-order valence-corrected chi connectivity index (χ2v) is 10.9. The average Bonchev–Trinajstić information content (AvgIpc) is 2.92. The van der Waals surface area contributed by atoms with Gasteiger partial charge in [-0.05, 0) is 44.0 Å². The van der Waals surface area contributed by atoms with E-state index < -0.39 is 10.0 Å². The summed E-state index contributed by atoms with van der Waals surface area (Å²) in [6.45, 7) is 3.76. The lowest BCUT2D eigenvalue weighted by molar-refractivity contribution is 0.258. The Morgan fingerprint density at radius 3 is 2.23 bits per heavy atom. The third kappa shape index (κ3) is 4.93. The topological polar surface area (TPSA) is 85.9 Å². The molecule has 1 aromatic carbocycles. The summed E-state index contributed by atoms with van der Waals surface area (Å²) in [6.07, 6.45) is 4.99. The zero-order valence-corrected chi connectivity index (χ0v) is 19.5. The van der Waals surface area contributed by atoms with Crippen molar-refractivity contribution in [1.29, 1.82) is 0 Å². The predicted octanol–water partition coefficient (Wildman–Crippen LogP) is 3.75. The van der Waals surface area contributed by atoms with E-state index in [0.29, 0.717) is 16.5 Å². The van der Waals surface area contributed by atoms with Gasteiger partial charge < -0.3 is 10.2 Å². The summed E-state index contributed by atoms with van der Waals surface area (Å²) in [7, 11) is 0.922. The van der Waals surface area contributed by atoms with Gasteiger partial charge in [-0.15, -0.1) is 0 Å². The number of hydrogen-bond donors (Lipinski definition) is 1. The summed E-state index contributed by atoms with van der Waals surface area (Å²) < 4.78 is 26.1. The van der Waals surface area contributed by atoms with Crippen molar-refractivity contribution >= 4 is 43.9 Å². The van der Waals surface area contributed by atoms with Crippen LogP contribution in [0.2, 0.25) is 0 Å². The Bertz CT molecular complexity index is 978. The lowest BCUT2D eigenvalue weighted by Gasteiger charge is -2.23. The van der Waals surface area contributed by atoms with Gasteiger partial charge in [-0.2, -0.15) is 0 Å². The number of nitrogens with zero attached hydrogens (tertiary/aromatic N) is 4. The van der Waals surface area contributed by atoms with E-state index in [1.54, 1.807) is 14.0 Å². The molecule has 10 heteroatoms. The molecular formula is C20H29N5O3S2. The summed E-state index contributed by atoms with van der Waals surface area (Å²) in [5, 5.41) is 3.17. The quantitative estimate of drug-likeness (QED) is 0.748. The molecule has 1 aromatic heterocycles. The molecule has 1 aliphatic heterocycles. The first kappa shape index (κ1) is 22.5. The van der Waals surface area contributed by atoms with E-state index in [-0.39, 0.29) is 10.2 Å². The largest absolute Gasteiger partial charge is 0.372 e. The van der Waals surface area contributed by atoms with Crippen molar-refractivity contribution in [2.75, 3.05) is 49.3 Å². The Labute approximate surface area is 182 Å². The zero-order valence-electron chi connectivity index (χ0n) is 17.9. The molecule has 0 aliphatic carbocycles. The van der Waals surface area contributed by atoms with Crippen LogP contribution < -0.4 is 15.1 Å². The lowest BCUT2D eigenvalue weighted by Crippen LogP contribution is -2.31. The Kier molecular flexibility index (Phi) is 6.99. The summed E-state index contributed by atoms with van der Waals surface area (Å²) >= 11 is 0.983. The number of thiazole rings is 1. The highest BCUT2D eigenvalue weighted by Crippen LogP contribution is 2.31. The van der Waals surface area contributed by atoms with Gasteiger partial charge in [-0.3, -0.25) is 4.90 Å². The molecule has 1 aliphatic rings. The number of anilines is 3. The molecule has 1 saturated heterocycles. The van der Waals surface area contributed by atoms with Crippen molar-refractivity contribution in [2.45, 2.75) is 36.8 Å². The summed E-state index contributed by atoms with van der Waals surface area (Å²) in [5.74, 6) is 0. The smallest absolute Gasteiger partial charge is 0.327 e. The van der Waals surface area contributed by atoms with Crippen molar-refractivity contribution < 1.29 is 13.2 Å². The lowest BCUT2D eigenvalue weighted by atomic mass is 10.2. The van der Waals surface area contributed by atoms with Crippen LogP contribution in [0.15, 0.2) is 28.5 Å². The van der Waals surface area contributed by atoms with E-state index in [9.17, 15) is 13.2 Å². The van der Waals surface area contributed by atoms with Gasteiger partial charge in [0.25, 0.3) is 10.0 Å². The van der Waals surface area contributed by atoms with E-state index in [2.05, 4.69) is 15.2 Å². The number of amides is 2. The van der Waals surface area contributed by atoms with Crippen LogP contribution in [0.4, 0.5) is 21.3 Å². The fraction of sp³-hybridized carbons (Fsp3) is 0.500. The minimum Gasteiger partial charge on any atom is -0.372 e. The van der Waals surface area contributed by atoms with Crippen LogP contribution in [0.5, 0.6) is 0 Å². The first-order valence-electron chi connectivity index (χ1n) is 10.00. The normalized spacial score (nSPS) is 15.2. The molecule has 0 unspecified atom stereocenters. The molecule has 2 aromatic rings. The average molecular weight is 452 g/mol. The molecule has 8 nitrogen and oxygen atoms in total. The second kappa shape index (κ2) is 9.32. The fourth-order valence-electron chi connectivity index (χ4n) is 3.30. The molecule has 2 amide bonds. The predicted molar refractivity (Wildman–Crippen MR) is 122 cm³/mol. The zero-order chi connectivity index (χ0) is 21.9. The standard InChI is InChI=1S/C20H29N5O3S2/c1-15-18(30(27,28)23(2)3)29-20(21-15)24(4)19(26)22-16-9-11-17(12-10-16)25-13-7-5-6-8-14-25/h9-12H,5-8,13-14H2,1-4H3,(H,22,26). The van der Waals surface area contributed by atoms with Crippen LogP contribution >= 0.6 is 11.3 Å². The van der Waals surface area contributed by atoms with E-state index in [4.69, 9.17) is 0 Å². The highest BCUT2D eigenvalue weighted by Gasteiger charge is 2.26. The van der Waals surface area contributed by atoms with Gasteiger partial charge in [0, 0.05) is 45.6 Å². The van der Waals surface area contributed by atoms with Crippen molar-refractivity contribution in [1.82, 2.24) is 9.29 Å². The monoisotopic (exact) mass is 451 g/mol. The Hall–Kier alpha value is -2.17. The summed E-state index contributed by atoms with van der Waals surface area (Å²) in [4.78, 5) is 20.7. The maximum Gasteiger partial charge on any atom is 0.327 e. The minimum absolute atomic E-state index is 0.143. The molecule has 30 heavy (non-hydrogen) atoms. The van der Waals surface area contributed by atoms with Gasteiger partial charge in [0.2, 0.25) is 0 Å². The number of urea groups is 1. The second-order valence-electron chi connectivity index (χ2n) is 7.59. The van der Waals surface area contributed by atoms with Crippen LogP contribution in [-0.2, 0) is 10.0 Å². The molecule has 0 bridgehead atoms. The first-order chi connectivity index (χ1) is 14.2. The molecule has 1 fully saturated rings. The first-order valence-corrected chi connectivity index (χ1v) is 12.3. The molecule has 164 valence electrons. The molecule has 0 saturated carbocycles. The van der Waals surface area contributed by atoms with Crippen molar-refractivity contribution in [3.63, 3.8) is 0 Å². The van der Waals surface area contributed by atoms with E-state index in [0.717, 1.165) is 34.4 Å². The van der Waals surface area contributed by atoms with Crippen LogP contribution in [0, 0.1) is 6.92 Å². The molecule has 2 heterocycles. The number of benzene rings is 1. The van der Waals surface area contributed by atoms with E-state index in [1.807, 2.05) is 24.3 Å². The molecule has 1 N–H and O–H groups in total. The highest BCUT2D eigenvalue weighted by atomic mass is 32.2. The molecular weight excluding hydrogens is 422 g/mol. The van der Waals surface area contributed by atoms with E-state index in [1.165, 1.54) is 44.7 Å². The number of aryl methyl sites for hydroxylation is 1. The van der Waals surface area contributed by atoms with Gasteiger partial charge in [0.1, 0.15) is 0 Å². The SMILES string of the molecule is Cc1nc(N(C)C(=O)Nc2ccc(N3CCCCCC3)cc2)sc1S(=O)(=O)N(C)C. The van der Waals surface area contributed by atoms with Crippen LogP contribution in [0.3, 0.4) is 0 Å². The van der Waals surface area contributed by atoms with Crippen molar-refractivity contribution in [3.8, 4) is 0 Å². The number of sulfonamides is 1. The Balaban J connectivity index is 1.69. The highest BCUT2D eigenvalue weighted by molar-refractivity contribution is 7.91. The number of rotatable bonds is 5. The number of carbonyl (C=O) groups is 1. The number of nitrogens with one attached hydrogen (secondary N) is 1. The van der Waals surface area contributed by atoms with Gasteiger partial charge in [0.05, 0.1) is 5.69 Å².